The van der Waals surface area contributed by atoms with Crippen molar-refractivity contribution in [3.63, 3.8) is 0 Å². The first kappa shape index (κ1) is 18.7. The molecule has 2 aromatic carbocycles. The van der Waals surface area contributed by atoms with Crippen LogP contribution in [0.25, 0.3) is 0 Å². The van der Waals surface area contributed by atoms with Crippen molar-refractivity contribution < 1.29 is 22.4 Å². The summed E-state index contributed by atoms with van der Waals surface area (Å²) in [5.74, 6) is 0.228. The van der Waals surface area contributed by atoms with E-state index in [2.05, 4.69) is 5.32 Å². The molecule has 0 aliphatic heterocycles. The molecule has 27 heavy (non-hydrogen) atoms. The first-order valence-corrected chi connectivity index (χ1v) is 9.81. The van der Waals surface area contributed by atoms with Crippen LogP contribution in [-0.4, -0.2) is 28.0 Å². The van der Waals surface area contributed by atoms with E-state index in [0.29, 0.717) is 11.3 Å². The Balaban J connectivity index is 1.90. The zero-order chi connectivity index (χ0) is 19.3. The Morgan fingerprint density at radius 1 is 1.04 bits per heavy atom. The molecular weight excluding hydrogens is 366 g/mol. The zero-order valence-electron chi connectivity index (χ0n) is 14.7. The average molecular weight is 385 g/mol. The van der Waals surface area contributed by atoms with Gasteiger partial charge in [0.25, 0.3) is 5.91 Å². The third-order valence-corrected chi connectivity index (χ3v) is 6.24. The number of furan rings is 1. The van der Waals surface area contributed by atoms with Crippen LogP contribution in [0.3, 0.4) is 0 Å². The third kappa shape index (κ3) is 4.20. The molecule has 0 spiro atoms. The summed E-state index contributed by atoms with van der Waals surface area (Å²) >= 11 is 0. The number of methoxy groups -OCH3 is 1. The molecule has 3 aromatic rings. The zero-order valence-corrected chi connectivity index (χ0v) is 15.5. The van der Waals surface area contributed by atoms with Gasteiger partial charge < -0.3 is 14.5 Å². The van der Waals surface area contributed by atoms with Gasteiger partial charge in [-0.1, -0.05) is 30.3 Å². The van der Waals surface area contributed by atoms with Gasteiger partial charge >= 0.3 is 0 Å². The second-order valence-electron chi connectivity index (χ2n) is 5.81. The molecule has 140 valence electrons. The summed E-state index contributed by atoms with van der Waals surface area (Å²) < 4.78 is 36.6. The lowest BCUT2D eigenvalue weighted by Gasteiger charge is -2.19. The van der Waals surface area contributed by atoms with Crippen molar-refractivity contribution in [2.45, 2.75) is 10.1 Å². The van der Waals surface area contributed by atoms with Crippen molar-refractivity contribution in [3.8, 4) is 5.75 Å². The fraction of sp³-hybridized carbons (Fsp3) is 0.150. The summed E-state index contributed by atoms with van der Waals surface area (Å²) in [6.45, 7) is -0.0854. The lowest BCUT2D eigenvalue weighted by atomic mass is 10.1. The fourth-order valence-electron chi connectivity index (χ4n) is 2.68. The summed E-state index contributed by atoms with van der Waals surface area (Å²) in [5.41, 5.74) is 0.591. The van der Waals surface area contributed by atoms with E-state index in [9.17, 15) is 13.2 Å². The fourth-order valence-corrected chi connectivity index (χ4v) is 4.35. The number of amides is 1. The summed E-state index contributed by atoms with van der Waals surface area (Å²) in [6, 6.07) is 18.1. The van der Waals surface area contributed by atoms with Gasteiger partial charge in [0, 0.05) is 6.54 Å². The molecule has 7 heteroatoms. The molecule has 3 rings (SSSR count). The van der Waals surface area contributed by atoms with Crippen LogP contribution in [0.4, 0.5) is 0 Å². The van der Waals surface area contributed by atoms with Crippen molar-refractivity contribution >= 4 is 15.7 Å². The molecule has 0 aliphatic rings. The normalized spacial score (nSPS) is 12.3. The molecule has 1 amide bonds. The molecule has 1 aromatic heterocycles. The second kappa shape index (κ2) is 8.09. The Morgan fingerprint density at radius 2 is 1.74 bits per heavy atom. The van der Waals surface area contributed by atoms with Gasteiger partial charge in [-0.3, -0.25) is 4.79 Å². The Hall–Kier alpha value is -3.06. The SMILES string of the molecule is COc1ccc(S(=O)(=O)C(CNC(=O)c2ccco2)c2ccccc2)cc1. The molecule has 1 atom stereocenters. The topological polar surface area (TPSA) is 85.6 Å². The minimum absolute atomic E-state index is 0.0854. The Bertz CT molecular complexity index is 981. The monoisotopic (exact) mass is 385 g/mol. The third-order valence-electron chi connectivity index (χ3n) is 4.13. The van der Waals surface area contributed by atoms with Gasteiger partial charge in [0.15, 0.2) is 15.6 Å². The van der Waals surface area contributed by atoms with Crippen molar-refractivity contribution in [3.05, 3.63) is 84.3 Å². The van der Waals surface area contributed by atoms with Crippen LogP contribution in [-0.2, 0) is 9.84 Å². The smallest absolute Gasteiger partial charge is 0.287 e. The predicted octanol–water partition coefficient (Wildman–Crippen LogP) is 3.23. The molecule has 0 bridgehead atoms. The van der Waals surface area contributed by atoms with Gasteiger partial charge in [-0.2, -0.15) is 0 Å². The van der Waals surface area contributed by atoms with E-state index in [1.165, 1.54) is 31.6 Å². The van der Waals surface area contributed by atoms with E-state index in [-0.39, 0.29) is 17.2 Å². The summed E-state index contributed by atoms with van der Waals surface area (Å²) in [7, 11) is -2.23. The highest BCUT2D eigenvalue weighted by atomic mass is 32.2. The van der Waals surface area contributed by atoms with Gasteiger partial charge in [0.05, 0.1) is 18.3 Å². The average Bonchev–Trinajstić information content (AvgIpc) is 3.23. The maximum absolute atomic E-state index is 13.2. The van der Waals surface area contributed by atoms with Gasteiger partial charge in [-0.25, -0.2) is 8.42 Å². The number of rotatable bonds is 7. The first-order valence-electron chi connectivity index (χ1n) is 8.27. The number of nitrogens with one attached hydrogen (secondary N) is 1. The molecule has 0 saturated heterocycles. The van der Waals surface area contributed by atoms with Crippen molar-refractivity contribution in [1.82, 2.24) is 5.32 Å². The van der Waals surface area contributed by atoms with Crippen LogP contribution in [0.5, 0.6) is 5.75 Å². The van der Waals surface area contributed by atoms with E-state index in [1.807, 2.05) is 6.07 Å². The Labute approximate surface area is 157 Å². The number of carbonyl (C=O) groups excluding carboxylic acids is 1. The van der Waals surface area contributed by atoms with E-state index < -0.39 is 21.0 Å². The number of hydrogen-bond acceptors (Lipinski definition) is 5. The quantitative estimate of drug-likeness (QED) is 0.675. The molecule has 0 saturated carbocycles. The van der Waals surface area contributed by atoms with Crippen LogP contribution in [0.2, 0.25) is 0 Å². The number of ether oxygens (including phenoxy) is 1. The van der Waals surface area contributed by atoms with Crippen molar-refractivity contribution in [2.75, 3.05) is 13.7 Å². The molecule has 0 aliphatic carbocycles. The Kier molecular flexibility index (Phi) is 5.61. The van der Waals surface area contributed by atoms with Gasteiger partial charge in [-0.05, 0) is 42.0 Å². The number of hydrogen-bond donors (Lipinski definition) is 1. The minimum Gasteiger partial charge on any atom is -0.497 e. The second-order valence-corrected chi connectivity index (χ2v) is 7.94. The molecule has 0 radical (unpaired) electrons. The first-order chi connectivity index (χ1) is 13.0. The van der Waals surface area contributed by atoms with Crippen LogP contribution in [0.1, 0.15) is 21.4 Å². The molecule has 6 nitrogen and oxygen atoms in total. The number of benzene rings is 2. The highest BCUT2D eigenvalue weighted by molar-refractivity contribution is 7.91. The maximum atomic E-state index is 13.2. The molecule has 0 fully saturated rings. The van der Waals surface area contributed by atoms with Gasteiger partial charge in [0.2, 0.25) is 0 Å². The highest BCUT2D eigenvalue weighted by Crippen LogP contribution is 2.29. The van der Waals surface area contributed by atoms with Crippen molar-refractivity contribution in [1.29, 1.82) is 0 Å². The minimum atomic E-state index is -3.74. The lowest BCUT2D eigenvalue weighted by molar-refractivity contribution is 0.0926. The van der Waals surface area contributed by atoms with Crippen LogP contribution >= 0.6 is 0 Å². The lowest BCUT2D eigenvalue weighted by Crippen LogP contribution is -2.31. The van der Waals surface area contributed by atoms with Gasteiger partial charge in [-0.15, -0.1) is 0 Å². The summed E-state index contributed by atoms with van der Waals surface area (Å²) in [5, 5.41) is 1.71. The van der Waals surface area contributed by atoms with E-state index in [4.69, 9.17) is 9.15 Å². The standard InChI is InChI=1S/C20H19NO5S/c1-25-16-9-11-17(12-10-16)27(23,24)19(15-6-3-2-4-7-15)14-21-20(22)18-8-5-13-26-18/h2-13,19H,14H2,1H3,(H,21,22). The molecule has 1 N–H and O–H groups in total. The van der Waals surface area contributed by atoms with Crippen molar-refractivity contribution in [2.24, 2.45) is 0 Å². The summed E-state index contributed by atoms with van der Waals surface area (Å²) in [6.07, 6.45) is 1.39. The number of sulfone groups is 1. The van der Waals surface area contributed by atoms with E-state index in [1.54, 1.807) is 42.5 Å². The van der Waals surface area contributed by atoms with Crippen LogP contribution < -0.4 is 10.1 Å². The van der Waals surface area contributed by atoms with Crippen LogP contribution in [0.15, 0.2) is 82.3 Å². The van der Waals surface area contributed by atoms with Gasteiger partial charge in [0.1, 0.15) is 11.0 Å². The predicted molar refractivity (Wildman–Crippen MR) is 100 cm³/mol. The summed E-state index contributed by atoms with van der Waals surface area (Å²) in [4.78, 5) is 12.3. The highest BCUT2D eigenvalue weighted by Gasteiger charge is 2.30. The maximum Gasteiger partial charge on any atom is 0.287 e. The Morgan fingerprint density at radius 3 is 2.33 bits per heavy atom. The largest absolute Gasteiger partial charge is 0.497 e. The van der Waals surface area contributed by atoms with E-state index in [0.717, 1.165) is 0 Å². The van der Waals surface area contributed by atoms with Crippen LogP contribution in [0, 0.1) is 0 Å². The molecular formula is C20H19NO5S. The van der Waals surface area contributed by atoms with E-state index >= 15 is 0 Å². The molecule has 1 heterocycles. The number of carbonyl (C=O) groups is 1. The molecule has 1 unspecified atom stereocenters.